The molecule has 10 nitrogen and oxygen atoms in total. The van der Waals surface area contributed by atoms with Gasteiger partial charge in [-0.05, 0) is 41.7 Å². The maximum absolute atomic E-state index is 12.9. The number of hydrogen-bond acceptors (Lipinski definition) is 6. The number of nitrogens with one attached hydrogen (secondary N) is 4. The third kappa shape index (κ3) is 9.34. The minimum Gasteiger partial charge on any atom is -0.508 e. The fourth-order valence-corrected chi connectivity index (χ4v) is 5.00. The Morgan fingerprint density at radius 2 is 1.50 bits per heavy atom. The monoisotopic (exact) mass is 537 g/mol. The van der Waals surface area contributed by atoms with E-state index in [1.165, 1.54) is 12.1 Å². The predicted molar refractivity (Wildman–Crippen MR) is 145 cm³/mol. The lowest BCUT2D eigenvalue weighted by molar-refractivity contribution is -0.127. The minimum atomic E-state index is -3.86. The van der Waals surface area contributed by atoms with Gasteiger partial charge in [-0.3, -0.25) is 15.0 Å². The van der Waals surface area contributed by atoms with Crippen molar-refractivity contribution in [3.05, 3.63) is 101 Å². The molecule has 0 spiro atoms. The Morgan fingerprint density at radius 1 is 0.868 bits per heavy atom. The molecule has 0 aromatic heterocycles. The predicted octanol–water partition coefficient (Wildman–Crippen LogP) is 1.53. The van der Waals surface area contributed by atoms with Gasteiger partial charge in [-0.2, -0.15) is 0 Å². The van der Waals surface area contributed by atoms with Crippen molar-refractivity contribution in [3.63, 3.8) is 0 Å². The second kappa shape index (κ2) is 13.4. The number of nitrogens with two attached hydrogens (primary N) is 1. The quantitative estimate of drug-likeness (QED) is 0.142. The van der Waals surface area contributed by atoms with E-state index in [-0.39, 0.29) is 36.8 Å². The van der Waals surface area contributed by atoms with Gasteiger partial charge in [0.25, 0.3) is 0 Å². The van der Waals surface area contributed by atoms with Crippen LogP contribution in [-0.4, -0.2) is 43.8 Å². The molecule has 1 atom stereocenters. The van der Waals surface area contributed by atoms with Crippen LogP contribution in [0.25, 0.3) is 0 Å². The van der Waals surface area contributed by atoms with E-state index in [1.807, 2.05) is 0 Å². The number of rotatable bonds is 13. The Kier molecular flexibility index (Phi) is 9.97. The molecule has 200 valence electrons. The SMILES string of the molecule is N=C(N)c1ccc(CNC(=O)CNC(=O)C(CCc2ccc(O)cc2)NS(=O)(=O)Cc2ccccc2)cc1. The minimum absolute atomic E-state index is 0.0531. The van der Waals surface area contributed by atoms with E-state index >= 15 is 0 Å². The zero-order valence-electron chi connectivity index (χ0n) is 20.7. The maximum atomic E-state index is 12.9. The molecule has 1 unspecified atom stereocenters. The molecule has 0 aliphatic heterocycles. The molecule has 0 aliphatic rings. The second-order valence-corrected chi connectivity index (χ2v) is 10.5. The smallest absolute Gasteiger partial charge is 0.239 e. The van der Waals surface area contributed by atoms with Gasteiger partial charge in [-0.25, -0.2) is 13.1 Å². The summed E-state index contributed by atoms with van der Waals surface area (Å²) in [5.74, 6) is -1.31. The first-order valence-electron chi connectivity index (χ1n) is 11.9. The number of hydrogen-bond donors (Lipinski definition) is 6. The molecule has 11 heteroatoms. The molecule has 7 N–H and O–H groups in total. The normalized spacial score (nSPS) is 11.9. The van der Waals surface area contributed by atoms with Crippen molar-refractivity contribution < 1.29 is 23.1 Å². The van der Waals surface area contributed by atoms with Crippen molar-refractivity contribution in [1.82, 2.24) is 15.4 Å². The van der Waals surface area contributed by atoms with Crippen LogP contribution in [0.3, 0.4) is 0 Å². The first-order valence-corrected chi connectivity index (χ1v) is 13.6. The number of phenolic OH excluding ortho intramolecular Hbond substituents is 1. The third-order valence-corrected chi connectivity index (χ3v) is 7.03. The maximum Gasteiger partial charge on any atom is 0.239 e. The highest BCUT2D eigenvalue weighted by Crippen LogP contribution is 2.13. The van der Waals surface area contributed by atoms with Crippen LogP contribution in [0, 0.1) is 5.41 Å². The van der Waals surface area contributed by atoms with Gasteiger partial charge in [0, 0.05) is 12.1 Å². The Hall–Kier alpha value is -4.22. The summed E-state index contributed by atoms with van der Waals surface area (Å²) in [5, 5.41) is 22.1. The van der Waals surface area contributed by atoms with Gasteiger partial charge in [0.05, 0.1) is 12.3 Å². The number of nitrogen functional groups attached to an aromatic ring is 1. The summed E-state index contributed by atoms with van der Waals surface area (Å²) in [7, 11) is -3.86. The van der Waals surface area contributed by atoms with Gasteiger partial charge >= 0.3 is 0 Å². The second-order valence-electron chi connectivity index (χ2n) is 8.73. The highest BCUT2D eigenvalue weighted by molar-refractivity contribution is 7.88. The number of carbonyl (C=O) groups excluding carboxylic acids is 2. The number of aromatic hydroxyl groups is 1. The molecule has 0 heterocycles. The van der Waals surface area contributed by atoms with Crippen LogP contribution in [0.4, 0.5) is 0 Å². The average molecular weight is 538 g/mol. The summed E-state index contributed by atoms with van der Waals surface area (Å²) in [5.41, 5.74) is 8.19. The summed E-state index contributed by atoms with van der Waals surface area (Å²) >= 11 is 0. The zero-order valence-corrected chi connectivity index (χ0v) is 21.5. The third-order valence-electron chi connectivity index (χ3n) is 5.67. The molecule has 0 aliphatic carbocycles. The van der Waals surface area contributed by atoms with Gasteiger partial charge < -0.3 is 21.5 Å². The van der Waals surface area contributed by atoms with E-state index in [4.69, 9.17) is 11.1 Å². The summed E-state index contributed by atoms with van der Waals surface area (Å²) in [6.07, 6.45) is 0.517. The van der Waals surface area contributed by atoms with Crippen LogP contribution < -0.4 is 21.1 Å². The Bertz CT molecular complexity index is 1340. The first kappa shape index (κ1) is 28.4. The number of sulfonamides is 1. The van der Waals surface area contributed by atoms with Crippen molar-refractivity contribution in [3.8, 4) is 5.75 Å². The fraction of sp³-hybridized carbons (Fsp3) is 0.222. The van der Waals surface area contributed by atoms with E-state index in [1.54, 1.807) is 66.7 Å². The molecule has 2 amide bonds. The van der Waals surface area contributed by atoms with Crippen LogP contribution in [0.1, 0.15) is 28.7 Å². The standard InChI is InChI=1S/C27H31N5O5S/c28-26(29)22-11-6-20(7-12-22)16-30-25(34)17-31-27(35)24(15-10-19-8-13-23(33)14-9-19)32-38(36,37)18-21-4-2-1-3-5-21/h1-9,11-14,24,32-33H,10,15-18H2,(H3,28,29)(H,30,34)(H,31,35). The van der Waals surface area contributed by atoms with Crippen molar-refractivity contribution in [2.24, 2.45) is 5.73 Å². The first-order chi connectivity index (χ1) is 18.1. The number of amides is 2. The molecular weight excluding hydrogens is 506 g/mol. The van der Waals surface area contributed by atoms with E-state index in [2.05, 4.69) is 15.4 Å². The van der Waals surface area contributed by atoms with Crippen molar-refractivity contribution >= 4 is 27.7 Å². The lowest BCUT2D eigenvalue weighted by atomic mass is 10.1. The van der Waals surface area contributed by atoms with Crippen LogP contribution in [0.15, 0.2) is 78.9 Å². The fourth-order valence-electron chi connectivity index (χ4n) is 3.63. The van der Waals surface area contributed by atoms with Crippen molar-refractivity contribution in [2.45, 2.75) is 31.2 Å². The average Bonchev–Trinajstić information content (AvgIpc) is 2.89. The van der Waals surface area contributed by atoms with E-state index < -0.39 is 27.9 Å². The summed E-state index contributed by atoms with van der Waals surface area (Å²) in [6.45, 7) is -0.124. The van der Waals surface area contributed by atoms with Gasteiger partial charge in [-0.1, -0.05) is 66.7 Å². The molecule has 3 aromatic carbocycles. The van der Waals surface area contributed by atoms with Gasteiger partial charge in [0.2, 0.25) is 21.8 Å². The van der Waals surface area contributed by atoms with Gasteiger partial charge in [0.15, 0.2) is 0 Å². The van der Waals surface area contributed by atoms with Gasteiger partial charge in [0.1, 0.15) is 17.6 Å². The number of phenols is 1. The zero-order chi connectivity index (χ0) is 27.5. The molecule has 0 bridgehead atoms. The highest BCUT2D eigenvalue weighted by Gasteiger charge is 2.25. The lowest BCUT2D eigenvalue weighted by Crippen LogP contribution is -2.49. The Morgan fingerprint density at radius 3 is 2.13 bits per heavy atom. The number of amidine groups is 1. The van der Waals surface area contributed by atoms with Crippen LogP contribution in [-0.2, 0) is 38.3 Å². The topological polar surface area (TPSA) is 174 Å². The van der Waals surface area contributed by atoms with E-state index in [0.29, 0.717) is 17.5 Å². The largest absolute Gasteiger partial charge is 0.508 e. The van der Waals surface area contributed by atoms with Crippen molar-refractivity contribution in [1.29, 1.82) is 5.41 Å². The number of aryl methyl sites for hydroxylation is 1. The lowest BCUT2D eigenvalue weighted by Gasteiger charge is -2.19. The van der Waals surface area contributed by atoms with Gasteiger partial charge in [-0.15, -0.1) is 0 Å². The van der Waals surface area contributed by atoms with Crippen LogP contribution in [0.5, 0.6) is 5.75 Å². The van der Waals surface area contributed by atoms with Crippen LogP contribution in [0.2, 0.25) is 0 Å². The summed E-state index contributed by atoms with van der Waals surface area (Å²) in [6, 6.07) is 20.7. The molecule has 38 heavy (non-hydrogen) atoms. The summed E-state index contributed by atoms with van der Waals surface area (Å²) < 4.78 is 28.1. The molecule has 0 saturated heterocycles. The number of carbonyl (C=O) groups is 2. The van der Waals surface area contributed by atoms with E-state index in [9.17, 15) is 23.1 Å². The number of benzene rings is 3. The highest BCUT2D eigenvalue weighted by atomic mass is 32.2. The molecule has 0 radical (unpaired) electrons. The molecular formula is C27H31N5O5S. The summed E-state index contributed by atoms with van der Waals surface area (Å²) in [4.78, 5) is 25.3. The Labute approximate surface area is 221 Å². The van der Waals surface area contributed by atoms with Crippen molar-refractivity contribution in [2.75, 3.05) is 6.54 Å². The molecule has 0 fully saturated rings. The molecule has 0 saturated carbocycles. The molecule has 3 rings (SSSR count). The van der Waals surface area contributed by atoms with E-state index in [0.717, 1.165) is 11.1 Å². The molecule has 3 aromatic rings. The van der Waals surface area contributed by atoms with Crippen LogP contribution >= 0.6 is 0 Å². The Balaban J connectivity index is 1.59.